The molecule has 0 aromatic heterocycles. The first kappa shape index (κ1) is 25.4. The Morgan fingerprint density at radius 3 is 2.52 bits per heavy atom. The summed E-state index contributed by atoms with van der Waals surface area (Å²) in [6.07, 6.45) is 15.0. The lowest BCUT2D eigenvalue weighted by molar-refractivity contribution is 0.284. The molecule has 2 saturated carbocycles. The van der Waals surface area contributed by atoms with Crippen LogP contribution in [0.4, 0.5) is 4.39 Å². The van der Waals surface area contributed by atoms with Gasteiger partial charge in [-0.05, 0) is 96.4 Å². The predicted octanol–water partition coefficient (Wildman–Crippen LogP) is 6.38. The summed E-state index contributed by atoms with van der Waals surface area (Å²) in [5, 5.41) is 10.3. The fourth-order valence-corrected chi connectivity index (χ4v) is 3.02. The predicted molar refractivity (Wildman–Crippen MR) is 123 cm³/mol. The SMILES string of the molecule is C/C=C/CCC/C(C)=C/C.CNC1(c2ccc(F)c(OCC3CC3)c2)CC1.CO.[HH]. The molecular weight excluding hydrogens is 365 g/mol. The number of rotatable bonds is 9. The molecule has 0 aliphatic heterocycles. The molecule has 2 aliphatic rings. The highest BCUT2D eigenvalue weighted by molar-refractivity contribution is 5.37. The molecule has 2 aliphatic carbocycles. The average Bonchev–Trinajstić information content (AvgIpc) is 3.67. The van der Waals surface area contributed by atoms with E-state index in [1.54, 1.807) is 0 Å². The van der Waals surface area contributed by atoms with Crippen LogP contribution in [0.3, 0.4) is 0 Å². The van der Waals surface area contributed by atoms with E-state index < -0.39 is 0 Å². The monoisotopic (exact) mass is 407 g/mol. The van der Waals surface area contributed by atoms with Gasteiger partial charge in [-0.3, -0.25) is 0 Å². The maximum absolute atomic E-state index is 13.6. The van der Waals surface area contributed by atoms with Gasteiger partial charge in [0, 0.05) is 14.1 Å². The summed E-state index contributed by atoms with van der Waals surface area (Å²) in [7, 11) is 2.96. The van der Waals surface area contributed by atoms with Gasteiger partial charge in [0.1, 0.15) is 0 Å². The molecule has 3 rings (SSSR count). The number of benzene rings is 1. The Morgan fingerprint density at radius 2 is 2.00 bits per heavy atom. The third-order valence-electron chi connectivity index (χ3n) is 5.55. The lowest BCUT2D eigenvalue weighted by Gasteiger charge is -2.16. The molecule has 0 bridgehead atoms. The second-order valence-corrected chi connectivity index (χ2v) is 7.83. The van der Waals surface area contributed by atoms with Crippen molar-refractivity contribution in [3.8, 4) is 5.75 Å². The van der Waals surface area contributed by atoms with Crippen LogP contribution in [0.2, 0.25) is 0 Å². The van der Waals surface area contributed by atoms with E-state index in [0.717, 1.165) is 25.5 Å². The van der Waals surface area contributed by atoms with Crippen LogP contribution in [0, 0.1) is 11.7 Å². The Balaban J connectivity index is 0.000000565. The number of allylic oxidation sites excluding steroid dienone is 4. The number of hydrogen-bond donors (Lipinski definition) is 2. The van der Waals surface area contributed by atoms with Crippen molar-refractivity contribution in [2.75, 3.05) is 20.8 Å². The third kappa shape index (κ3) is 9.14. The van der Waals surface area contributed by atoms with Gasteiger partial charge in [-0.2, -0.15) is 0 Å². The Kier molecular flexibility index (Phi) is 11.9. The number of nitrogens with one attached hydrogen (secondary N) is 1. The molecule has 0 amide bonds. The molecule has 4 heteroatoms. The number of ether oxygens (including phenoxy) is 1. The number of aliphatic hydroxyl groups excluding tert-OH is 1. The maximum atomic E-state index is 13.6. The molecule has 0 radical (unpaired) electrons. The van der Waals surface area contributed by atoms with Crippen LogP contribution in [-0.4, -0.2) is 25.9 Å². The lowest BCUT2D eigenvalue weighted by atomic mass is 10.0. The van der Waals surface area contributed by atoms with Crippen LogP contribution in [0.15, 0.2) is 42.0 Å². The standard InChI is InChI=1S/C14H18FNO.C10H18.CH4O.H2/c1-16-14(6-7-14)11-4-5-12(15)13(8-11)17-9-10-2-3-10;1-4-6-7-8-9-10(3)5-2;1-2;/h4-5,8,10,16H,2-3,6-7,9H2,1H3;4-6H,7-9H2,1-3H3;2H,1H3;1H/b;6-4+,10-5+;;. The van der Waals surface area contributed by atoms with Gasteiger partial charge in [0.05, 0.1) is 6.61 Å². The van der Waals surface area contributed by atoms with Crippen LogP contribution in [0.5, 0.6) is 5.75 Å². The molecule has 0 spiro atoms. The highest BCUT2D eigenvalue weighted by Crippen LogP contribution is 2.46. The van der Waals surface area contributed by atoms with Gasteiger partial charge in [0.15, 0.2) is 11.6 Å². The van der Waals surface area contributed by atoms with E-state index in [-0.39, 0.29) is 12.8 Å². The fourth-order valence-electron chi connectivity index (χ4n) is 3.02. The molecule has 2 N–H and O–H groups in total. The largest absolute Gasteiger partial charge is 0.490 e. The molecule has 0 saturated heterocycles. The van der Waals surface area contributed by atoms with Crippen molar-refractivity contribution in [3.63, 3.8) is 0 Å². The smallest absolute Gasteiger partial charge is 0.165 e. The lowest BCUT2D eigenvalue weighted by Crippen LogP contribution is -2.24. The van der Waals surface area contributed by atoms with Crippen molar-refractivity contribution in [1.82, 2.24) is 5.32 Å². The first-order valence-electron chi connectivity index (χ1n) is 10.8. The molecule has 1 aromatic rings. The first-order valence-corrected chi connectivity index (χ1v) is 10.8. The number of halogens is 1. The molecule has 166 valence electrons. The van der Waals surface area contributed by atoms with Crippen LogP contribution in [0.25, 0.3) is 0 Å². The summed E-state index contributed by atoms with van der Waals surface area (Å²) < 4.78 is 19.2. The van der Waals surface area contributed by atoms with Crippen LogP contribution < -0.4 is 10.1 Å². The zero-order chi connectivity index (χ0) is 21.7. The zero-order valence-corrected chi connectivity index (χ0v) is 18.9. The topological polar surface area (TPSA) is 41.5 Å². The van der Waals surface area contributed by atoms with Crippen LogP contribution in [-0.2, 0) is 5.54 Å². The minimum Gasteiger partial charge on any atom is -0.490 e. The summed E-state index contributed by atoms with van der Waals surface area (Å²) in [6, 6.07) is 5.25. The third-order valence-corrected chi connectivity index (χ3v) is 5.55. The van der Waals surface area contributed by atoms with Crippen molar-refractivity contribution in [1.29, 1.82) is 0 Å². The molecule has 0 atom stereocenters. The van der Waals surface area contributed by atoms with Crippen molar-refractivity contribution < 1.29 is 15.7 Å². The molecule has 2 fully saturated rings. The van der Waals surface area contributed by atoms with Gasteiger partial charge in [0.25, 0.3) is 0 Å². The highest BCUT2D eigenvalue weighted by atomic mass is 19.1. The number of hydrogen-bond acceptors (Lipinski definition) is 3. The Morgan fingerprint density at radius 1 is 1.31 bits per heavy atom. The van der Waals surface area contributed by atoms with E-state index in [1.807, 2.05) is 19.2 Å². The van der Waals surface area contributed by atoms with Crippen molar-refractivity contribution in [2.24, 2.45) is 5.92 Å². The molecule has 29 heavy (non-hydrogen) atoms. The summed E-state index contributed by atoms with van der Waals surface area (Å²) in [4.78, 5) is 0. The van der Waals surface area contributed by atoms with E-state index in [0.29, 0.717) is 18.3 Å². The van der Waals surface area contributed by atoms with Gasteiger partial charge in [-0.15, -0.1) is 0 Å². The van der Waals surface area contributed by atoms with E-state index in [4.69, 9.17) is 9.84 Å². The zero-order valence-electron chi connectivity index (χ0n) is 18.9. The van der Waals surface area contributed by atoms with Crippen molar-refractivity contribution in [2.45, 2.75) is 71.3 Å². The minimum absolute atomic E-state index is 0. The average molecular weight is 408 g/mol. The summed E-state index contributed by atoms with van der Waals surface area (Å²) in [5.41, 5.74) is 2.72. The summed E-state index contributed by atoms with van der Waals surface area (Å²) in [6.45, 7) is 7.02. The fraction of sp³-hybridized carbons (Fsp3) is 0.600. The van der Waals surface area contributed by atoms with Gasteiger partial charge in [0.2, 0.25) is 0 Å². The first-order chi connectivity index (χ1) is 14.0. The quantitative estimate of drug-likeness (QED) is 0.369. The summed E-state index contributed by atoms with van der Waals surface area (Å²) in [5.74, 6) is 0.814. The van der Waals surface area contributed by atoms with Gasteiger partial charge in [-0.25, -0.2) is 4.39 Å². The van der Waals surface area contributed by atoms with E-state index >= 15 is 0 Å². The maximum Gasteiger partial charge on any atom is 0.165 e. The number of aliphatic hydroxyl groups is 1. The second-order valence-electron chi connectivity index (χ2n) is 7.83. The Labute approximate surface area is 178 Å². The highest BCUT2D eigenvalue weighted by Gasteiger charge is 2.43. The molecule has 0 heterocycles. The van der Waals surface area contributed by atoms with E-state index in [9.17, 15) is 4.39 Å². The number of unbranched alkanes of at least 4 members (excludes halogenated alkanes) is 1. The molecule has 1 aromatic carbocycles. The van der Waals surface area contributed by atoms with Crippen molar-refractivity contribution in [3.05, 3.63) is 53.4 Å². The molecule has 0 unspecified atom stereocenters. The van der Waals surface area contributed by atoms with Crippen LogP contribution >= 0.6 is 0 Å². The Hall–Kier alpha value is -1.65. The molecular formula is C25H42FNO2. The minimum atomic E-state index is -0.249. The van der Waals surface area contributed by atoms with Gasteiger partial charge < -0.3 is 15.2 Å². The van der Waals surface area contributed by atoms with Gasteiger partial charge >= 0.3 is 0 Å². The normalized spacial score (nSPS) is 17.1. The van der Waals surface area contributed by atoms with Gasteiger partial charge in [-0.1, -0.05) is 29.9 Å². The molecule has 3 nitrogen and oxygen atoms in total. The van der Waals surface area contributed by atoms with E-state index in [2.05, 4.69) is 44.3 Å². The Bertz CT molecular complexity index is 653. The van der Waals surface area contributed by atoms with Crippen LogP contribution in [0.1, 0.15) is 72.7 Å². The van der Waals surface area contributed by atoms with E-state index in [1.165, 1.54) is 43.7 Å². The summed E-state index contributed by atoms with van der Waals surface area (Å²) >= 11 is 0. The second kappa shape index (κ2) is 13.6. The van der Waals surface area contributed by atoms with Crippen molar-refractivity contribution >= 4 is 0 Å².